The summed E-state index contributed by atoms with van der Waals surface area (Å²) >= 11 is 1.41. The average Bonchev–Trinajstić information content (AvgIpc) is 2.79. The Morgan fingerprint density at radius 1 is 0.886 bits per heavy atom. The van der Waals surface area contributed by atoms with Crippen molar-refractivity contribution in [3.63, 3.8) is 0 Å². The molecule has 8 N–H and O–H groups in total. The number of carbonyl (C=O) groups is 5. The Balaban J connectivity index is 3.13. The molecular formula is C22H32N4O8S. The number of nitrogens with one attached hydrogen (secondary N) is 3. The molecule has 0 aliphatic heterocycles. The number of nitrogens with two attached hydrogens (primary N) is 1. The maximum absolute atomic E-state index is 13.0. The van der Waals surface area contributed by atoms with E-state index in [1.807, 2.05) is 0 Å². The molecule has 13 heteroatoms. The standard InChI is InChI=1S/C22H32N4O8S/c1-12(23)19(30)24-15(7-8-18(28)29)20(31)26-17(11-13-3-5-14(27)6-4-13)21(32)25-16(22(33)34)9-10-35-2/h3-6,12,15-17,27H,7-11,23H2,1-2H3,(H,24,30)(H,25,32)(H,26,31)(H,28,29)(H,33,34). The van der Waals surface area contributed by atoms with Crippen LogP contribution in [0.4, 0.5) is 0 Å². The van der Waals surface area contributed by atoms with E-state index in [-0.39, 0.29) is 25.0 Å². The van der Waals surface area contributed by atoms with Crippen LogP contribution >= 0.6 is 11.8 Å². The molecule has 4 atom stereocenters. The van der Waals surface area contributed by atoms with Gasteiger partial charge in [-0.2, -0.15) is 11.8 Å². The number of carbonyl (C=O) groups excluding carboxylic acids is 3. The second-order valence-corrected chi connectivity index (χ2v) is 8.88. The second kappa shape index (κ2) is 14.8. The smallest absolute Gasteiger partial charge is 0.326 e. The van der Waals surface area contributed by atoms with Crippen LogP contribution in [0.1, 0.15) is 31.7 Å². The predicted molar refractivity (Wildman–Crippen MR) is 129 cm³/mol. The third kappa shape index (κ3) is 11.1. The SMILES string of the molecule is CSCCC(NC(=O)C(Cc1ccc(O)cc1)NC(=O)C(CCC(=O)O)NC(=O)C(C)N)C(=O)O. The first kappa shape index (κ1) is 29.7. The number of amides is 3. The largest absolute Gasteiger partial charge is 0.508 e. The van der Waals surface area contributed by atoms with Crippen molar-refractivity contribution >= 4 is 41.4 Å². The van der Waals surface area contributed by atoms with Gasteiger partial charge in [-0.1, -0.05) is 12.1 Å². The third-order valence-electron chi connectivity index (χ3n) is 4.93. The second-order valence-electron chi connectivity index (χ2n) is 7.89. The van der Waals surface area contributed by atoms with Gasteiger partial charge in [0.2, 0.25) is 17.7 Å². The van der Waals surface area contributed by atoms with Gasteiger partial charge in [0.25, 0.3) is 0 Å². The molecule has 0 heterocycles. The number of thioether (sulfide) groups is 1. The van der Waals surface area contributed by atoms with Crippen LogP contribution in [-0.4, -0.2) is 81.2 Å². The lowest BCUT2D eigenvalue weighted by atomic mass is 10.0. The quantitative estimate of drug-likeness (QED) is 0.159. The molecule has 3 amide bonds. The Kier molecular flexibility index (Phi) is 12.6. The zero-order valence-electron chi connectivity index (χ0n) is 19.5. The van der Waals surface area contributed by atoms with Gasteiger partial charge in [0, 0.05) is 12.8 Å². The number of rotatable bonds is 15. The van der Waals surface area contributed by atoms with Crippen molar-refractivity contribution in [1.29, 1.82) is 0 Å². The van der Waals surface area contributed by atoms with E-state index in [0.29, 0.717) is 11.3 Å². The minimum Gasteiger partial charge on any atom is -0.508 e. The molecule has 1 aromatic carbocycles. The highest BCUT2D eigenvalue weighted by molar-refractivity contribution is 7.98. The summed E-state index contributed by atoms with van der Waals surface area (Å²) in [6.45, 7) is 1.39. The van der Waals surface area contributed by atoms with Crippen LogP contribution in [0.3, 0.4) is 0 Å². The number of aliphatic carboxylic acids is 2. The lowest BCUT2D eigenvalue weighted by Crippen LogP contribution is -2.57. The zero-order chi connectivity index (χ0) is 26.5. The van der Waals surface area contributed by atoms with Crippen molar-refractivity contribution in [3.05, 3.63) is 29.8 Å². The predicted octanol–water partition coefficient (Wildman–Crippen LogP) is -0.561. The van der Waals surface area contributed by atoms with Gasteiger partial charge >= 0.3 is 11.9 Å². The van der Waals surface area contributed by atoms with Crippen molar-refractivity contribution in [1.82, 2.24) is 16.0 Å². The maximum atomic E-state index is 13.0. The monoisotopic (exact) mass is 512 g/mol. The molecule has 0 saturated heterocycles. The molecular weight excluding hydrogens is 480 g/mol. The number of carboxylic acids is 2. The summed E-state index contributed by atoms with van der Waals surface area (Å²) in [5, 5.41) is 35.2. The number of benzene rings is 1. The molecule has 4 unspecified atom stereocenters. The number of hydrogen-bond donors (Lipinski definition) is 7. The molecule has 1 rings (SSSR count). The summed E-state index contributed by atoms with van der Waals surface area (Å²) in [4.78, 5) is 60.6. The van der Waals surface area contributed by atoms with Gasteiger partial charge in [-0.15, -0.1) is 0 Å². The first-order valence-electron chi connectivity index (χ1n) is 10.8. The van der Waals surface area contributed by atoms with Crippen molar-refractivity contribution in [2.75, 3.05) is 12.0 Å². The Morgan fingerprint density at radius 2 is 1.43 bits per heavy atom. The van der Waals surface area contributed by atoms with Gasteiger partial charge in [0.1, 0.15) is 23.9 Å². The fraction of sp³-hybridized carbons (Fsp3) is 0.500. The van der Waals surface area contributed by atoms with E-state index in [0.717, 1.165) is 0 Å². The molecule has 1 aromatic rings. The molecule has 0 radical (unpaired) electrons. The maximum Gasteiger partial charge on any atom is 0.326 e. The fourth-order valence-electron chi connectivity index (χ4n) is 2.95. The summed E-state index contributed by atoms with van der Waals surface area (Å²) < 4.78 is 0. The molecule has 0 saturated carbocycles. The highest BCUT2D eigenvalue weighted by Crippen LogP contribution is 2.12. The molecule has 0 aliphatic carbocycles. The first-order valence-corrected chi connectivity index (χ1v) is 12.2. The van der Waals surface area contributed by atoms with Gasteiger partial charge in [-0.25, -0.2) is 4.79 Å². The van der Waals surface area contributed by atoms with Gasteiger partial charge in [0.05, 0.1) is 6.04 Å². The number of aromatic hydroxyl groups is 1. The highest BCUT2D eigenvalue weighted by atomic mass is 32.2. The van der Waals surface area contributed by atoms with Gasteiger partial charge in [0.15, 0.2) is 0 Å². The third-order valence-corrected chi connectivity index (χ3v) is 5.57. The van der Waals surface area contributed by atoms with Gasteiger partial charge in [-0.3, -0.25) is 19.2 Å². The van der Waals surface area contributed by atoms with Crippen molar-refractivity contribution in [2.45, 2.75) is 56.8 Å². The normalized spacial score (nSPS) is 14.1. The summed E-state index contributed by atoms with van der Waals surface area (Å²) in [5.41, 5.74) is 6.08. The molecule has 0 aliphatic rings. The average molecular weight is 513 g/mol. The van der Waals surface area contributed by atoms with Crippen LogP contribution in [0.25, 0.3) is 0 Å². The zero-order valence-corrected chi connectivity index (χ0v) is 20.3. The lowest BCUT2D eigenvalue weighted by Gasteiger charge is -2.25. The minimum atomic E-state index is -1.29. The van der Waals surface area contributed by atoms with E-state index in [2.05, 4.69) is 16.0 Å². The summed E-state index contributed by atoms with van der Waals surface area (Å²) in [6, 6.07) is 1.17. The molecule has 0 bridgehead atoms. The Labute approximate surface area is 207 Å². The number of hydrogen-bond acceptors (Lipinski definition) is 8. The molecule has 35 heavy (non-hydrogen) atoms. The van der Waals surface area contributed by atoms with E-state index in [9.17, 15) is 34.2 Å². The Morgan fingerprint density at radius 3 is 1.94 bits per heavy atom. The number of phenolic OH excluding ortho intramolecular Hbond substituents is 1. The van der Waals surface area contributed by atoms with E-state index in [1.54, 1.807) is 6.26 Å². The van der Waals surface area contributed by atoms with Crippen LogP contribution < -0.4 is 21.7 Å². The minimum absolute atomic E-state index is 0.00542. The molecule has 0 aromatic heterocycles. The van der Waals surface area contributed by atoms with Crippen molar-refractivity contribution in [2.24, 2.45) is 5.73 Å². The van der Waals surface area contributed by atoms with Crippen LogP contribution in [-0.2, 0) is 30.4 Å². The van der Waals surface area contributed by atoms with Crippen LogP contribution in [0.15, 0.2) is 24.3 Å². The van der Waals surface area contributed by atoms with E-state index in [4.69, 9.17) is 10.8 Å². The summed E-state index contributed by atoms with van der Waals surface area (Å²) in [6.07, 6.45) is 1.22. The molecule has 194 valence electrons. The van der Waals surface area contributed by atoms with E-state index < -0.39 is 60.2 Å². The van der Waals surface area contributed by atoms with Crippen molar-refractivity contribution in [3.8, 4) is 5.75 Å². The van der Waals surface area contributed by atoms with Crippen LogP contribution in [0, 0.1) is 0 Å². The number of phenols is 1. The number of carboxylic acid groups (broad SMARTS) is 2. The van der Waals surface area contributed by atoms with Crippen LogP contribution in [0.2, 0.25) is 0 Å². The van der Waals surface area contributed by atoms with Crippen LogP contribution in [0.5, 0.6) is 5.75 Å². The van der Waals surface area contributed by atoms with Gasteiger partial charge < -0.3 is 37.0 Å². The summed E-state index contributed by atoms with van der Waals surface area (Å²) in [7, 11) is 0. The summed E-state index contributed by atoms with van der Waals surface area (Å²) in [5.74, 6) is -4.22. The fourth-order valence-corrected chi connectivity index (χ4v) is 3.43. The Hall–Kier alpha value is -3.32. The van der Waals surface area contributed by atoms with Crippen molar-refractivity contribution < 1.29 is 39.3 Å². The molecule has 12 nitrogen and oxygen atoms in total. The van der Waals surface area contributed by atoms with E-state index in [1.165, 1.54) is 43.0 Å². The Bertz CT molecular complexity index is 894. The van der Waals surface area contributed by atoms with Gasteiger partial charge in [-0.05, 0) is 49.5 Å². The van der Waals surface area contributed by atoms with E-state index >= 15 is 0 Å². The highest BCUT2D eigenvalue weighted by Gasteiger charge is 2.30. The topological polar surface area (TPSA) is 208 Å². The first-order chi connectivity index (χ1) is 16.4. The lowest BCUT2D eigenvalue weighted by molar-refractivity contribution is -0.142. The molecule has 0 fully saturated rings. The molecule has 0 spiro atoms.